The van der Waals surface area contributed by atoms with E-state index in [1.165, 1.54) is 6.20 Å². The van der Waals surface area contributed by atoms with Gasteiger partial charge in [-0.1, -0.05) is 42.5 Å². The normalized spacial score (nSPS) is 11.6. The zero-order valence-corrected chi connectivity index (χ0v) is 16.5. The molecule has 148 valence electrons. The Morgan fingerprint density at radius 1 is 0.800 bits per heavy atom. The fourth-order valence-corrected chi connectivity index (χ4v) is 3.28. The molecule has 30 heavy (non-hydrogen) atoms. The highest BCUT2D eigenvalue weighted by molar-refractivity contribution is 6.05. The monoisotopic (exact) mass is 395 g/mol. The van der Waals surface area contributed by atoms with Crippen molar-refractivity contribution in [1.82, 2.24) is 10.3 Å². The summed E-state index contributed by atoms with van der Waals surface area (Å²) < 4.78 is 0. The summed E-state index contributed by atoms with van der Waals surface area (Å²) >= 11 is 0. The summed E-state index contributed by atoms with van der Waals surface area (Å²) in [4.78, 5) is 29.0. The highest BCUT2D eigenvalue weighted by Gasteiger charge is 2.13. The molecule has 4 aromatic rings. The first-order chi connectivity index (χ1) is 14.6. The van der Waals surface area contributed by atoms with E-state index in [2.05, 4.69) is 39.9 Å². The van der Waals surface area contributed by atoms with Crippen LogP contribution < -0.4 is 10.6 Å². The molecular formula is C25H21N3O2. The second-order valence-corrected chi connectivity index (χ2v) is 7.08. The molecule has 2 N–H and O–H groups in total. The Kier molecular flexibility index (Phi) is 5.52. The SMILES string of the molecule is CC(NC(=O)c1cccc(NC(=O)c2cccnc2)c1)c1ccc2ccccc2c1. The second-order valence-electron chi connectivity index (χ2n) is 7.08. The molecule has 0 aliphatic heterocycles. The standard InChI is InChI=1S/C25H21N3O2/c1-17(19-12-11-18-6-2-3-7-20(18)14-19)27-24(29)21-8-4-10-23(15-21)28-25(30)22-9-5-13-26-16-22/h2-17H,1H3,(H,27,29)(H,28,30). The van der Waals surface area contributed by atoms with Gasteiger partial charge in [-0.25, -0.2) is 0 Å². The molecular weight excluding hydrogens is 374 g/mol. The third kappa shape index (κ3) is 4.36. The van der Waals surface area contributed by atoms with Crippen molar-refractivity contribution < 1.29 is 9.59 Å². The van der Waals surface area contributed by atoms with Crippen LogP contribution in [0.5, 0.6) is 0 Å². The predicted molar refractivity (Wildman–Crippen MR) is 118 cm³/mol. The van der Waals surface area contributed by atoms with Crippen LogP contribution in [0.1, 0.15) is 39.2 Å². The molecule has 5 heteroatoms. The first kappa shape index (κ1) is 19.3. The Hall–Kier alpha value is -3.99. The van der Waals surface area contributed by atoms with E-state index in [-0.39, 0.29) is 17.9 Å². The van der Waals surface area contributed by atoms with Gasteiger partial charge in [0.2, 0.25) is 0 Å². The van der Waals surface area contributed by atoms with Gasteiger partial charge in [0.15, 0.2) is 0 Å². The van der Waals surface area contributed by atoms with Crippen LogP contribution in [0.4, 0.5) is 5.69 Å². The maximum Gasteiger partial charge on any atom is 0.257 e. The highest BCUT2D eigenvalue weighted by Crippen LogP contribution is 2.21. The van der Waals surface area contributed by atoms with Crippen molar-refractivity contribution in [3.8, 4) is 0 Å². The van der Waals surface area contributed by atoms with Gasteiger partial charge in [-0.15, -0.1) is 0 Å². The Morgan fingerprint density at radius 2 is 1.60 bits per heavy atom. The molecule has 0 spiro atoms. The summed E-state index contributed by atoms with van der Waals surface area (Å²) in [5, 5.41) is 8.13. The zero-order valence-electron chi connectivity index (χ0n) is 16.5. The van der Waals surface area contributed by atoms with Crippen molar-refractivity contribution in [3.05, 3.63) is 108 Å². The van der Waals surface area contributed by atoms with Crippen molar-refractivity contribution in [1.29, 1.82) is 0 Å². The molecule has 0 fully saturated rings. The van der Waals surface area contributed by atoms with Crippen molar-refractivity contribution >= 4 is 28.3 Å². The molecule has 0 aliphatic rings. The van der Waals surface area contributed by atoms with Crippen LogP contribution in [0.2, 0.25) is 0 Å². The first-order valence-electron chi connectivity index (χ1n) is 9.71. The number of benzene rings is 3. The summed E-state index contributed by atoms with van der Waals surface area (Å²) in [5.41, 5.74) is 2.52. The van der Waals surface area contributed by atoms with Gasteiger partial charge in [0, 0.05) is 23.6 Å². The highest BCUT2D eigenvalue weighted by atomic mass is 16.2. The number of aromatic nitrogens is 1. The molecule has 4 rings (SSSR count). The number of amides is 2. The number of hydrogen-bond acceptors (Lipinski definition) is 3. The number of nitrogens with one attached hydrogen (secondary N) is 2. The van der Waals surface area contributed by atoms with E-state index < -0.39 is 0 Å². The van der Waals surface area contributed by atoms with Gasteiger partial charge < -0.3 is 10.6 Å². The van der Waals surface area contributed by atoms with Gasteiger partial charge in [0.05, 0.1) is 11.6 Å². The van der Waals surface area contributed by atoms with Crippen LogP contribution >= 0.6 is 0 Å². The minimum atomic E-state index is -0.273. The number of rotatable bonds is 5. The zero-order chi connectivity index (χ0) is 20.9. The summed E-state index contributed by atoms with van der Waals surface area (Å²) in [7, 11) is 0. The summed E-state index contributed by atoms with van der Waals surface area (Å²) in [6.45, 7) is 1.95. The van der Waals surface area contributed by atoms with Crippen molar-refractivity contribution in [2.45, 2.75) is 13.0 Å². The molecule has 1 aromatic heterocycles. The van der Waals surface area contributed by atoms with Crippen LogP contribution in [-0.2, 0) is 0 Å². The van der Waals surface area contributed by atoms with Crippen LogP contribution in [0.25, 0.3) is 10.8 Å². The third-order valence-electron chi connectivity index (χ3n) is 4.93. The van der Waals surface area contributed by atoms with Crippen LogP contribution in [-0.4, -0.2) is 16.8 Å². The van der Waals surface area contributed by atoms with E-state index in [9.17, 15) is 9.59 Å². The lowest BCUT2D eigenvalue weighted by molar-refractivity contribution is 0.0938. The number of hydrogen-bond donors (Lipinski definition) is 2. The summed E-state index contributed by atoms with van der Waals surface area (Å²) in [6.07, 6.45) is 3.11. The summed E-state index contributed by atoms with van der Waals surface area (Å²) in [6, 6.07) is 24.4. The lowest BCUT2D eigenvalue weighted by atomic mass is 10.0. The van der Waals surface area contributed by atoms with E-state index in [1.54, 1.807) is 42.6 Å². The molecule has 0 saturated carbocycles. The molecule has 1 heterocycles. The Bertz CT molecular complexity index is 1210. The predicted octanol–water partition coefficient (Wildman–Crippen LogP) is 4.98. The average molecular weight is 395 g/mol. The Morgan fingerprint density at radius 3 is 2.40 bits per heavy atom. The van der Waals surface area contributed by atoms with Gasteiger partial charge in [-0.05, 0) is 59.7 Å². The first-order valence-corrected chi connectivity index (χ1v) is 9.71. The Balaban J connectivity index is 1.46. The van der Waals surface area contributed by atoms with Gasteiger partial charge >= 0.3 is 0 Å². The van der Waals surface area contributed by atoms with Gasteiger partial charge in [0.25, 0.3) is 11.8 Å². The number of carbonyl (C=O) groups excluding carboxylic acids is 2. The second kappa shape index (κ2) is 8.57. The van der Waals surface area contributed by atoms with Gasteiger partial charge in [-0.2, -0.15) is 0 Å². The van der Waals surface area contributed by atoms with Crippen molar-refractivity contribution in [3.63, 3.8) is 0 Å². The van der Waals surface area contributed by atoms with Gasteiger partial charge in [0.1, 0.15) is 0 Å². The third-order valence-corrected chi connectivity index (χ3v) is 4.93. The van der Waals surface area contributed by atoms with Crippen LogP contribution in [0, 0.1) is 0 Å². The largest absolute Gasteiger partial charge is 0.346 e. The number of carbonyl (C=O) groups is 2. The summed E-state index contributed by atoms with van der Waals surface area (Å²) in [5.74, 6) is -0.474. The molecule has 0 bridgehead atoms. The smallest absolute Gasteiger partial charge is 0.257 e. The fourth-order valence-electron chi connectivity index (χ4n) is 3.28. The van der Waals surface area contributed by atoms with Crippen LogP contribution in [0.15, 0.2) is 91.3 Å². The van der Waals surface area contributed by atoms with E-state index in [1.807, 2.05) is 25.1 Å². The lowest BCUT2D eigenvalue weighted by Crippen LogP contribution is -2.26. The van der Waals surface area contributed by atoms with Crippen molar-refractivity contribution in [2.24, 2.45) is 0 Å². The molecule has 0 saturated heterocycles. The maximum atomic E-state index is 12.8. The quantitative estimate of drug-likeness (QED) is 0.501. The molecule has 5 nitrogen and oxygen atoms in total. The van der Waals surface area contributed by atoms with Crippen LogP contribution in [0.3, 0.4) is 0 Å². The topological polar surface area (TPSA) is 71.1 Å². The van der Waals surface area contributed by atoms with Crippen molar-refractivity contribution in [2.75, 3.05) is 5.32 Å². The Labute approximate surface area is 174 Å². The van der Waals surface area contributed by atoms with Gasteiger partial charge in [-0.3, -0.25) is 14.6 Å². The number of anilines is 1. The van der Waals surface area contributed by atoms with E-state index in [0.29, 0.717) is 16.8 Å². The average Bonchev–Trinajstić information content (AvgIpc) is 2.79. The molecule has 2 amide bonds. The number of fused-ring (bicyclic) bond motifs is 1. The minimum absolute atomic E-state index is 0.157. The molecule has 0 aliphatic carbocycles. The number of nitrogens with zero attached hydrogens (tertiary/aromatic N) is 1. The molecule has 3 aromatic carbocycles. The fraction of sp³-hybridized carbons (Fsp3) is 0.0800. The minimum Gasteiger partial charge on any atom is -0.346 e. The number of pyridine rings is 1. The molecule has 1 unspecified atom stereocenters. The van der Waals surface area contributed by atoms with E-state index >= 15 is 0 Å². The molecule has 1 atom stereocenters. The lowest BCUT2D eigenvalue weighted by Gasteiger charge is -2.16. The van der Waals surface area contributed by atoms with E-state index in [0.717, 1.165) is 16.3 Å². The van der Waals surface area contributed by atoms with E-state index in [4.69, 9.17) is 0 Å². The molecule has 0 radical (unpaired) electrons. The maximum absolute atomic E-state index is 12.8.